The van der Waals surface area contributed by atoms with Gasteiger partial charge in [-0.1, -0.05) is 17.3 Å². The summed E-state index contributed by atoms with van der Waals surface area (Å²) in [4.78, 5) is 27.0. The molecular weight excluding hydrogens is 385 g/mol. The molecule has 1 saturated heterocycles. The summed E-state index contributed by atoms with van der Waals surface area (Å²) in [6.07, 6.45) is -2.31. The van der Waals surface area contributed by atoms with Gasteiger partial charge in [0.25, 0.3) is 0 Å². The lowest BCUT2D eigenvalue weighted by molar-refractivity contribution is -0.137. The molecule has 0 saturated carbocycles. The zero-order chi connectivity index (χ0) is 21.2. The van der Waals surface area contributed by atoms with Crippen molar-refractivity contribution < 1.29 is 27.3 Å². The van der Waals surface area contributed by atoms with Gasteiger partial charge in [0.1, 0.15) is 5.76 Å². The minimum Gasteiger partial charge on any atom is -0.361 e. The van der Waals surface area contributed by atoms with E-state index < -0.39 is 17.7 Å². The van der Waals surface area contributed by atoms with E-state index in [1.807, 2.05) is 6.92 Å². The molecule has 0 aliphatic carbocycles. The van der Waals surface area contributed by atoms with Crippen LogP contribution in [0.25, 0.3) is 0 Å². The second kappa shape index (κ2) is 8.39. The fourth-order valence-corrected chi connectivity index (χ4v) is 3.73. The highest BCUT2D eigenvalue weighted by Crippen LogP contribution is 2.30. The van der Waals surface area contributed by atoms with Crippen LogP contribution in [-0.4, -0.2) is 34.8 Å². The SMILES string of the molecule is Cc1noc(C)c1CCC(=O)N1CCC[C@H](C(=O)c2ccc(C(F)(F)F)cc2)C1. The molecule has 0 unspecified atom stereocenters. The van der Waals surface area contributed by atoms with Crippen molar-refractivity contribution in [2.75, 3.05) is 13.1 Å². The Morgan fingerprint density at radius 3 is 2.48 bits per heavy atom. The number of aryl methyl sites for hydroxylation is 2. The van der Waals surface area contributed by atoms with Crippen LogP contribution in [0.2, 0.25) is 0 Å². The lowest BCUT2D eigenvalue weighted by Crippen LogP contribution is -2.42. The highest BCUT2D eigenvalue weighted by atomic mass is 19.4. The molecule has 29 heavy (non-hydrogen) atoms. The number of piperidine rings is 1. The summed E-state index contributed by atoms with van der Waals surface area (Å²) in [6.45, 7) is 4.51. The highest BCUT2D eigenvalue weighted by molar-refractivity contribution is 5.98. The number of hydrogen-bond donors (Lipinski definition) is 0. The fraction of sp³-hybridized carbons (Fsp3) is 0.476. The molecule has 0 radical (unpaired) electrons. The van der Waals surface area contributed by atoms with Crippen molar-refractivity contribution in [2.24, 2.45) is 5.92 Å². The molecular formula is C21H23F3N2O3. The Morgan fingerprint density at radius 1 is 1.21 bits per heavy atom. The average molecular weight is 408 g/mol. The fourth-order valence-electron chi connectivity index (χ4n) is 3.73. The molecule has 0 bridgehead atoms. The van der Waals surface area contributed by atoms with Crippen LogP contribution in [0.3, 0.4) is 0 Å². The van der Waals surface area contributed by atoms with E-state index in [9.17, 15) is 22.8 Å². The number of carbonyl (C=O) groups excluding carboxylic acids is 2. The number of nitrogens with zero attached hydrogens (tertiary/aromatic N) is 2. The van der Waals surface area contributed by atoms with Crippen LogP contribution >= 0.6 is 0 Å². The van der Waals surface area contributed by atoms with Gasteiger partial charge in [0.2, 0.25) is 5.91 Å². The largest absolute Gasteiger partial charge is 0.416 e. The van der Waals surface area contributed by atoms with Gasteiger partial charge in [-0.05, 0) is 45.2 Å². The standard InChI is InChI=1S/C21H23F3N2O3/c1-13-18(14(2)29-25-13)9-10-19(27)26-11-3-4-16(12-26)20(28)15-5-7-17(8-6-15)21(22,23)24/h5-8,16H,3-4,9-12H2,1-2H3/t16-/m0/s1. The first-order valence-electron chi connectivity index (χ1n) is 9.58. The summed E-state index contributed by atoms with van der Waals surface area (Å²) in [6, 6.07) is 4.26. The van der Waals surface area contributed by atoms with Gasteiger partial charge in [0, 0.05) is 36.6 Å². The van der Waals surface area contributed by atoms with E-state index in [0.29, 0.717) is 44.5 Å². The zero-order valence-electron chi connectivity index (χ0n) is 16.4. The van der Waals surface area contributed by atoms with Gasteiger partial charge < -0.3 is 9.42 Å². The third kappa shape index (κ3) is 4.86. The molecule has 1 aliphatic rings. The normalized spacial score (nSPS) is 17.4. The number of likely N-dealkylation sites (tertiary alicyclic amines) is 1. The summed E-state index contributed by atoms with van der Waals surface area (Å²) in [5.41, 5.74) is 1.15. The molecule has 1 fully saturated rings. The monoisotopic (exact) mass is 408 g/mol. The number of carbonyl (C=O) groups is 2. The molecule has 3 rings (SSSR count). The Labute approximate surface area is 166 Å². The van der Waals surface area contributed by atoms with Gasteiger partial charge in [-0.15, -0.1) is 0 Å². The van der Waals surface area contributed by atoms with E-state index in [1.165, 1.54) is 12.1 Å². The van der Waals surface area contributed by atoms with Gasteiger partial charge in [0.15, 0.2) is 5.78 Å². The third-order valence-electron chi connectivity index (χ3n) is 5.41. The second-order valence-corrected chi connectivity index (χ2v) is 7.42. The predicted octanol–water partition coefficient (Wildman–Crippen LogP) is 4.36. The number of rotatable bonds is 5. The van der Waals surface area contributed by atoms with E-state index in [0.717, 1.165) is 23.4 Å². The predicted molar refractivity (Wildman–Crippen MR) is 99.4 cm³/mol. The third-order valence-corrected chi connectivity index (χ3v) is 5.41. The molecule has 1 aliphatic heterocycles. The molecule has 0 spiro atoms. The van der Waals surface area contributed by atoms with Crippen LogP contribution in [-0.2, 0) is 17.4 Å². The summed E-state index contributed by atoms with van der Waals surface area (Å²) in [5, 5.41) is 3.88. The lowest BCUT2D eigenvalue weighted by Gasteiger charge is -2.32. The molecule has 2 heterocycles. The summed E-state index contributed by atoms with van der Waals surface area (Å²) >= 11 is 0. The number of benzene rings is 1. The quantitative estimate of drug-likeness (QED) is 0.690. The van der Waals surface area contributed by atoms with Crippen LogP contribution in [0.4, 0.5) is 13.2 Å². The maximum Gasteiger partial charge on any atom is 0.416 e. The van der Waals surface area contributed by atoms with Crippen LogP contribution < -0.4 is 0 Å². The first kappa shape index (κ1) is 21.1. The van der Waals surface area contributed by atoms with Crippen molar-refractivity contribution in [3.8, 4) is 0 Å². The molecule has 5 nitrogen and oxygen atoms in total. The van der Waals surface area contributed by atoms with Gasteiger partial charge in [-0.3, -0.25) is 9.59 Å². The van der Waals surface area contributed by atoms with Gasteiger partial charge >= 0.3 is 6.18 Å². The number of halogens is 3. The number of alkyl halides is 3. The molecule has 1 aromatic heterocycles. The van der Waals surface area contributed by atoms with E-state index in [4.69, 9.17) is 4.52 Å². The first-order valence-corrected chi connectivity index (χ1v) is 9.58. The Balaban J connectivity index is 1.61. The van der Waals surface area contributed by atoms with Crippen LogP contribution in [0.15, 0.2) is 28.8 Å². The van der Waals surface area contributed by atoms with E-state index in [1.54, 1.807) is 11.8 Å². The van der Waals surface area contributed by atoms with Crippen LogP contribution in [0, 0.1) is 19.8 Å². The Kier molecular flexibility index (Phi) is 6.10. The number of hydrogen-bond acceptors (Lipinski definition) is 4. The highest BCUT2D eigenvalue weighted by Gasteiger charge is 2.32. The number of Topliss-reactive ketones (excluding diaryl/α,β-unsaturated/α-hetero) is 1. The molecule has 2 aromatic rings. The average Bonchev–Trinajstić information content (AvgIpc) is 3.02. The number of amides is 1. The molecule has 1 atom stereocenters. The Morgan fingerprint density at radius 2 is 1.90 bits per heavy atom. The Bertz CT molecular complexity index is 868. The molecule has 1 aromatic carbocycles. The van der Waals surface area contributed by atoms with Crippen LogP contribution in [0.5, 0.6) is 0 Å². The minimum absolute atomic E-state index is 0.0464. The first-order chi connectivity index (χ1) is 13.7. The van der Waals surface area contributed by atoms with Crippen molar-refractivity contribution in [3.63, 3.8) is 0 Å². The zero-order valence-corrected chi connectivity index (χ0v) is 16.4. The molecule has 8 heteroatoms. The minimum atomic E-state index is -4.43. The smallest absolute Gasteiger partial charge is 0.361 e. The van der Waals surface area contributed by atoms with Gasteiger partial charge in [0.05, 0.1) is 11.3 Å². The Hall–Kier alpha value is -2.64. The van der Waals surface area contributed by atoms with Crippen molar-refractivity contribution in [2.45, 2.75) is 45.7 Å². The van der Waals surface area contributed by atoms with Gasteiger partial charge in [-0.2, -0.15) is 13.2 Å². The summed E-state index contributed by atoms with van der Waals surface area (Å²) in [5.74, 6) is 0.0321. The maximum absolute atomic E-state index is 12.7. The van der Waals surface area contributed by atoms with Crippen molar-refractivity contribution in [1.29, 1.82) is 0 Å². The topological polar surface area (TPSA) is 63.4 Å². The van der Waals surface area contributed by atoms with E-state index in [2.05, 4.69) is 5.16 Å². The van der Waals surface area contributed by atoms with E-state index in [-0.39, 0.29) is 17.3 Å². The number of aromatic nitrogens is 1. The van der Waals surface area contributed by atoms with Gasteiger partial charge in [-0.25, -0.2) is 0 Å². The summed E-state index contributed by atoms with van der Waals surface area (Å²) in [7, 11) is 0. The number of ketones is 1. The molecule has 0 N–H and O–H groups in total. The summed E-state index contributed by atoms with van der Waals surface area (Å²) < 4.78 is 43.2. The maximum atomic E-state index is 12.7. The van der Waals surface area contributed by atoms with Crippen molar-refractivity contribution >= 4 is 11.7 Å². The van der Waals surface area contributed by atoms with Crippen molar-refractivity contribution in [3.05, 3.63) is 52.4 Å². The molecule has 156 valence electrons. The van der Waals surface area contributed by atoms with Crippen LogP contribution in [0.1, 0.15) is 52.2 Å². The van der Waals surface area contributed by atoms with E-state index >= 15 is 0 Å². The second-order valence-electron chi connectivity index (χ2n) is 7.42. The van der Waals surface area contributed by atoms with Crippen molar-refractivity contribution in [1.82, 2.24) is 10.1 Å². The molecule has 1 amide bonds. The lowest BCUT2D eigenvalue weighted by atomic mass is 9.89.